The molecule has 0 saturated heterocycles. The molecule has 0 aliphatic carbocycles. The third-order valence-electron chi connectivity index (χ3n) is 5.30. The quantitative estimate of drug-likeness (QED) is 0.207. The molecule has 0 aliphatic rings. The standard InChI is InChI=1S/C28H24Br2O2/c1-21(32-27-19-25(29)17-18-26(27)30)20-31-28(22-11-5-2-6-12-22,23-13-7-3-8-14-23)24-15-9-4-10-16-24/h2-19,21H,20H2,1H3/t21-/m1/s1. The maximum Gasteiger partial charge on any atom is 0.143 e. The van der Waals surface area contributed by atoms with Crippen molar-refractivity contribution in [2.45, 2.75) is 18.6 Å². The molecule has 0 spiro atoms. The maximum atomic E-state index is 6.84. The van der Waals surface area contributed by atoms with Crippen molar-refractivity contribution in [2.24, 2.45) is 0 Å². The van der Waals surface area contributed by atoms with Gasteiger partial charge in [-0.2, -0.15) is 0 Å². The maximum absolute atomic E-state index is 6.84. The van der Waals surface area contributed by atoms with E-state index in [0.29, 0.717) is 6.61 Å². The molecule has 0 unspecified atom stereocenters. The molecule has 0 amide bonds. The summed E-state index contributed by atoms with van der Waals surface area (Å²) in [5.41, 5.74) is 2.48. The highest BCUT2D eigenvalue weighted by molar-refractivity contribution is 9.11. The van der Waals surface area contributed by atoms with Gasteiger partial charge < -0.3 is 9.47 Å². The topological polar surface area (TPSA) is 18.5 Å². The van der Waals surface area contributed by atoms with Crippen molar-refractivity contribution in [3.63, 3.8) is 0 Å². The average Bonchev–Trinajstić information content (AvgIpc) is 2.84. The summed E-state index contributed by atoms with van der Waals surface area (Å²) in [7, 11) is 0. The van der Waals surface area contributed by atoms with Gasteiger partial charge in [0.15, 0.2) is 0 Å². The summed E-state index contributed by atoms with van der Waals surface area (Å²) in [6.07, 6.45) is -0.170. The van der Waals surface area contributed by atoms with Gasteiger partial charge in [-0.3, -0.25) is 0 Å². The summed E-state index contributed by atoms with van der Waals surface area (Å²) in [4.78, 5) is 0. The Morgan fingerprint density at radius 3 is 1.62 bits per heavy atom. The largest absolute Gasteiger partial charge is 0.487 e. The van der Waals surface area contributed by atoms with Crippen molar-refractivity contribution in [1.82, 2.24) is 0 Å². The predicted molar refractivity (Wildman–Crippen MR) is 137 cm³/mol. The minimum atomic E-state index is -0.754. The predicted octanol–water partition coefficient (Wildman–Crippen LogP) is 7.99. The summed E-state index contributed by atoms with van der Waals surface area (Å²) in [6, 6.07) is 37.0. The number of rotatable bonds is 8. The van der Waals surface area contributed by atoms with Gasteiger partial charge in [0.2, 0.25) is 0 Å². The highest BCUT2D eigenvalue weighted by Crippen LogP contribution is 2.40. The molecule has 4 aromatic carbocycles. The molecule has 4 rings (SSSR count). The molecule has 4 aromatic rings. The van der Waals surface area contributed by atoms with Crippen LogP contribution in [-0.4, -0.2) is 12.7 Å². The Bertz CT molecular complexity index is 1040. The van der Waals surface area contributed by atoms with Crippen LogP contribution in [0.2, 0.25) is 0 Å². The second-order valence-electron chi connectivity index (χ2n) is 7.59. The van der Waals surface area contributed by atoms with E-state index in [2.05, 4.69) is 105 Å². The molecule has 0 bridgehead atoms. The van der Waals surface area contributed by atoms with Crippen molar-refractivity contribution in [1.29, 1.82) is 0 Å². The van der Waals surface area contributed by atoms with Gasteiger partial charge >= 0.3 is 0 Å². The second-order valence-corrected chi connectivity index (χ2v) is 9.36. The van der Waals surface area contributed by atoms with E-state index in [0.717, 1.165) is 31.4 Å². The lowest BCUT2D eigenvalue weighted by atomic mass is 9.80. The van der Waals surface area contributed by atoms with Gasteiger partial charge in [0, 0.05) is 4.47 Å². The van der Waals surface area contributed by atoms with Gasteiger partial charge in [-0.1, -0.05) is 107 Å². The minimum Gasteiger partial charge on any atom is -0.487 e. The van der Waals surface area contributed by atoms with E-state index in [1.54, 1.807) is 0 Å². The summed E-state index contributed by atoms with van der Waals surface area (Å²) in [6.45, 7) is 2.43. The van der Waals surface area contributed by atoms with E-state index >= 15 is 0 Å². The van der Waals surface area contributed by atoms with Crippen LogP contribution in [0.4, 0.5) is 0 Å². The van der Waals surface area contributed by atoms with Crippen molar-refractivity contribution >= 4 is 31.9 Å². The molecule has 0 saturated carbocycles. The van der Waals surface area contributed by atoms with Gasteiger partial charge in [0.05, 0.1) is 11.1 Å². The Hall–Kier alpha value is -2.40. The summed E-state index contributed by atoms with van der Waals surface area (Å²) >= 11 is 7.09. The summed E-state index contributed by atoms with van der Waals surface area (Å²) in [5.74, 6) is 0.778. The SMILES string of the molecule is C[C@H](COC(c1ccccc1)(c1ccccc1)c1ccccc1)Oc1cc(Br)ccc1Br. The Balaban J connectivity index is 1.72. The van der Waals surface area contributed by atoms with E-state index in [1.807, 2.05) is 43.3 Å². The first kappa shape index (κ1) is 22.8. The molecular weight excluding hydrogens is 528 g/mol. The average molecular weight is 552 g/mol. The van der Waals surface area contributed by atoms with Crippen LogP contribution in [-0.2, 0) is 10.3 Å². The number of halogens is 2. The van der Waals surface area contributed by atoms with E-state index < -0.39 is 5.60 Å². The van der Waals surface area contributed by atoms with Crippen LogP contribution < -0.4 is 4.74 Å². The first-order valence-corrected chi connectivity index (χ1v) is 12.1. The monoisotopic (exact) mass is 550 g/mol. The zero-order valence-corrected chi connectivity index (χ0v) is 20.9. The van der Waals surface area contributed by atoms with Crippen LogP contribution >= 0.6 is 31.9 Å². The molecule has 32 heavy (non-hydrogen) atoms. The molecule has 1 atom stereocenters. The van der Waals surface area contributed by atoms with Crippen LogP contribution in [0.25, 0.3) is 0 Å². The minimum absolute atomic E-state index is 0.170. The molecular formula is C28H24Br2O2. The zero-order chi connectivity index (χ0) is 22.4. The van der Waals surface area contributed by atoms with E-state index in [1.165, 1.54) is 0 Å². The van der Waals surface area contributed by atoms with Crippen molar-refractivity contribution < 1.29 is 9.47 Å². The van der Waals surface area contributed by atoms with Crippen LogP contribution in [0, 0.1) is 0 Å². The fraction of sp³-hybridized carbons (Fsp3) is 0.143. The van der Waals surface area contributed by atoms with Crippen molar-refractivity contribution in [3.8, 4) is 5.75 Å². The first-order chi connectivity index (χ1) is 15.6. The van der Waals surface area contributed by atoms with E-state index in [-0.39, 0.29) is 6.10 Å². The van der Waals surface area contributed by atoms with Gasteiger partial charge in [-0.05, 0) is 57.7 Å². The van der Waals surface area contributed by atoms with Crippen LogP contribution in [0.1, 0.15) is 23.6 Å². The molecule has 0 aromatic heterocycles. The molecule has 0 aliphatic heterocycles. The fourth-order valence-electron chi connectivity index (χ4n) is 3.83. The molecule has 0 fully saturated rings. The van der Waals surface area contributed by atoms with Gasteiger partial charge in [-0.25, -0.2) is 0 Å². The lowest BCUT2D eigenvalue weighted by Gasteiger charge is -2.36. The third-order valence-corrected chi connectivity index (χ3v) is 6.45. The first-order valence-electron chi connectivity index (χ1n) is 10.5. The summed E-state index contributed by atoms with van der Waals surface area (Å²) in [5, 5.41) is 0. The zero-order valence-electron chi connectivity index (χ0n) is 17.7. The Labute approximate surface area is 206 Å². The normalized spacial score (nSPS) is 12.3. The van der Waals surface area contributed by atoms with Crippen LogP contribution in [0.3, 0.4) is 0 Å². The molecule has 0 N–H and O–H groups in total. The smallest absolute Gasteiger partial charge is 0.143 e. The number of benzene rings is 4. The van der Waals surface area contributed by atoms with Crippen molar-refractivity contribution in [3.05, 3.63) is 135 Å². The lowest BCUT2D eigenvalue weighted by Crippen LogP contribution is -2.36. The highest BCUT2D eigenvalue weighted by atomic mass is 79.9. The van der Waals surface area contributed by atoms with E-state index in [4.69, 9.17) is 9.47 Å². The van der Waals surface area contributed by atoms with Crippen LogP contribution in [0.5, 0.6) is 5.75 Å². The Kier molecular flexibility index (Phi) is 7.46. The number of hydrogen-bond donors (Lipinski definition) is 0. The molecule has 4 heteroatoms. The lowest BCUT2D eigenvalue weighted by molar-refractivity contribution is -0.0258. The molecule has 0 radical (unpaired) electrons. The number of hydrogen-bond acceptors (Lipinski definition) is 2. The molecule has 162 valence electrons. The highest BCUT2D eigenvalue weighted by Gasteiger charge is 2.38. The van der Waals surface area contributed by atoms with Gasteiger partial charge in [0.25, 0.3) is 0 Å². The Morgan fingerprint density at radius 1 is 0.688 bits per heavy atom. The molecule has 0 heterocycles. The molecule has 2 nitrogen and oxygen atoms in total. The third kappa shape index (κ3) is 4.98. The Morgan fingerprint density at radius 2 is 1.16 bits per heavy atom. The van der Waals surface area contributed by atoms with Gasteiger partial charge in [0.1, 0.15) is 17.5 Å². The number of ether oxygens (including phenoxy) is 2. The fourth-order valence-corrected chi connectivity index (χ4v) is 4.51. The van der Waals surface area contributed by atoms with Crippen molar-refractivity contribution in [2.75, 3.05) is 6.61 Å². The van der Waals surface area contributed by atoms with Gasteiger partial charge in [-0.15, -0.1) is 0 Å². The second kappa shape index (κ2) is 10.5. The van der Waals surface area contributed by atoms with E-state index in [9.17, 15) is 0 Å². The summed E-state index contributed by atoms with van der Waals surface area (Å²) < 4.78 is 14.9. The van der Waals surface area contributed by atoms with Crippen LogP contribution in [0.15, 0.2) is 118 Å².